The standard InChI is InChI=1S/C19H14Cl2F2N2O3/c1-25-9-14(8-19(25,22)23)27-18(26)10-2-3-15-16(6-10)28-17(24-15)11-4-12(20)7-13(21)5-11/h2-7,14H,8-9H2,1H3. The number of likely N-dealkylation sites (tertiary alicyclic amines) is 1. The Morgan fingerprint density at radius 1 is 1.25 bits per heavy atom. The fourth-order valence-electron chi connectivity index (χ4n) is 3.08. The normalized spacial score (nSPS) is 19.2. The van der Waals surface area contributed by atoms with Crippen molar-refractivity contribution in [2.24, 2.45) is 0 Å². The molecule has 0 spiro atoms. The molecule has 0 bridgehead atoms. The third-order valence-corrected chi connectivity index (χ3v) is 4.95. The van der Waals surface area contributed by atoms with Crippen molar-refractivity contribution < 1.29 is 22.7 Å². The summed E-state index contributed by atoms with van der Waals surface area (Å²) in [6.45, 7) is -0.0248. The van der Waals surface area contributed by atoms with Crippen molar-refractivity contribution in [2.45, 2.75) is 18.6 Å². The summed E-state index contributed by atoms with van der Waals surface area (Å²) < 4.78 is 38.1. The van der Waals surface area contributed by atoms with E-state index in [1.807, 2.05) is 0 Å². The van der Waals surface area contributed by atoms with Crippen LogP contribution in [0.3, 0.4) is 0 Å². The van der Waals surface area contributed by atoms with Gasteiger partial charge in [0.15, 0.2) is 5.58 Å². The van der Waals surface area contributed by atoms with Crippen molar-refractivity contribution >= 4 is 40.3 Å². The zero-order valence-electron chi connectivity index (χ0n) is 14.6. The molecule has 28 heavy (non-hydrogen) atoms. The van der Waals surface area contributed by atoms with Crippen LogP contribution in [0.2, 0.25) is 10.0 Å². The molecule has 0 N–H and O–H groups in total. The number of alkyl halides is 2. The van der Waals surface area contributed by atoms with E-state index in [4.69, 9.17) is 32.4 Å². The lowest BCUT2D eigenvalue weighted by Crippen LogP contribution is -2.31. The fraction of sp³-hybridized carbons (Fsp3) is 0.263. The lowest BCUT2D eigenvalue weighted by Gasteiger charge is -2.16. The summed E-state index contributed by atoms with van der Waals surface area (Å²) in [6.07, 6.45) is -1.40. The molecule has 1 unspecified atom stereocenters. The highest BCUT2D eigenvalue weighted by molar-refractivity contribution is 6.35. The maximum absolute atomic E-state index is 13.6. The van der Waals surface area contributed by atoms with Crippen LogP contribution in [0.15, 0.2) is 40.8 Å². The van der Waals surface area contributed by atoms with Crippen LogP contribution in [0, 0.1) is 0 Å². The van der Waals surface area contributed by atoms with E-state index in [1.54, 1.807) is 24.3 Å². The van der Waals surface area contributed by atoms with Crippen molar-refractivity contribution in [3.8, 4) is 11.5 Å². The Kier molecular flexibility index (Phi) is 4.77. The van der Waals surface area contributed by atoms with Gasteiger partial charge in [0, 0.05) is 22.2 Å². The van der Waals surface area contributed by atoms with Crippen molar-refractivity contribution in [1.82, 2.24) is 9.88 Å². The van der Waals surface area contributed by atoms with E-state index < -0.39 is 24.5 Å². The topological polar surface area (TPSA) is 55.6 Å². The second-order valence-corrected chi connectivity index (χ2v) is 7.51. The number of oxazole rings is 1. The predicted octanol–water partition coefficient (Wildman–Crippen LogP) is 5.26. The van der Waals surface area contributed by atoms with Crippen molar-refractivity contribution in [2.75, 3.05) is 13.6 Å². The van der Waals surface area contributed by atoms with Gasteiger partial charge in [0.2, 0.25) is 5.89 Å². The van der Waals surface area contributed by atoms with Gasteiger partial charge in [-0.2, -0.15) is 8.78 Å². The van der Waals surface area contributed by atoms with Gasteiger partial charge in [-0.3, -0.25) is 0 Å². The lowest BCUT2D eigenvalue weighted by atomic mass is 10.2. The maximum Gasteiger partial charge on any atom is 0.338 e. The van der Waals surface area contributed by atoms with E-state index in [0.717, 1.165) is 4.90 Å². The molecule has 1 aromatic heterocycles. The Morgan fingerprint density at radius 3 is 2.61 bits per heavy atom. The predicted molar refractivity (Wildman–Crippen MR) is 101 cm³/mol. The summed E-state index contributed by atoms with van der Waals surface area (Å²) in [6, 6.07) is 6.50. The third kappa shape index (κ3) is 3.70. The number of fused-ring (bicyclic) bond motifs is 1. The molecule has 1 aliphatic rings. The molecule has 3 aromatic rings. The number of nitrogens with zero attached hydrogens (tertiary/aromatic N) is 2. The Morgan fingerprint density at radius 2 is 1.96 bits per heavy atom. The molecule has 5 nitrogen and oxygen atoms in total. The van der Waals surface area contributed by atoms with Gasteiger partial charge in [0.05, 0.1) is 12.0 Å². The van der Waals surface area contributed by atoms with E-state index in [2.05, 4.69) is 4.98 Å². The van der Waals surface area contributed by atoms with Gasteiger partial charge in [0.25, 0.3) is 0 Å². The maximum atomic E-state index is 13.6. The number of likely N-dealkylation sites (N-methyl/N-ethyl adjacent to an activating group) is 1. The van der Waals surface area contributed by atoms with Gasteiger partial charge in [-0.1, -0.05) is 23.2 Å². The molecule has 1 aliphatic heterocycles. The Bertz CT molecular complexity index is 1050. The zero-order valence-corrected chi connectivity index (χ0v) is 16.1. The summed E-state index contributed by atoms with van der Waals surface area (Å²) >= 11 is 12.0. The minimum Gasteiger partial charge on any atom is -0.457 e. The Hall–Kier alpha value is -2.22. The first-order valence-corrected chi connectivity index (χ1v) is 9.14. The first-order valence-electron chi connectivity index (χ1n) is 8.38. The number of halogens is 4. The van der Waals surface area contributed by atoms with Gasteiger partial charge in [-0.05, 0) is 43.4 Å². The summed E-state index contributed by atoms with van der Waals surface area (Å²) in [5.41, 5.74) is 1.66. The van der Waals surface area contributed by atoms with Crippen molar-refractivity contribution in [1.29, 1.82) is 0 Å². The summed E-state index contributed by atoms with van der Waals surface area (Å²) in [7, 11) is 1.29. The quantitative estimate of drug-likeness (QED) is 0.422. The van der Waals surface area contributed by atoms with Gasteiger partial charge in [-0.25, -0.2) is 14.7 Å². The lowest BCUT2D eigenvalue weighted by molar-refractivity contribution is -0.107. The number of hydrogen-bond donors (Lipinski definition) is 0. The molecule has 2 aromatic carbocycles. The highest BCUT2D eigenvalue weighted by Crippen LogP contribution is 2.33. The van der Waals surface area contributed by atoms with Gasteiger partial charge < -0.3 is 9.15 Å². The fourth-order valence-corrected chi connectivity index (χ4v) is 3.61. The highest BCUT2D eigenvalue weighted by Gasteiger charge is 2.46. The summed E-state index contributed by atoms with van der Waals surface area (Å²) in [4.78, 5) is 17.6. The van der Waals surface area contributed by atoms with E-state index in [9.17, 15) is 13.6 Å². The van der Waals surface area contributed by atoms with Gasteiger partial charge >= 0.3 is 12.0 Å². The monoisotopic (exact) mass is 426 g/mol. The SMILES string of the molecule is CN1CC(OC(=O)c2ccc3nc(-c4cc(Cl)cc(Cl)c4)oc3c2)CC1(F)F. The molecule has 4 rings (SSSR count). The van der Waals surface area contributed by atoms with E-state index in [-0.39, 0.29) is 12.1 Å². The minimum absolute atomic E-state index is 0.0248. The molecule has 1 saturated heterocycles. The molecule has 1 fully saturated rings. The Labute approximate surface area is 168 Å². The van der Waals surface area contributed by atoms with Crippen LogP contribution in [0.1, 0.15) is 16.8 Å². The number of carbonyl (C=O) groups excluding carboxylic acids is 1. The van der Waals surface area contributed by atoms with Crippen LogP contribution in [-0.2, 0) is 4.74 Å². The molecule has 2 heterocycles. The molecule has 0 saturated carbocycles. The average Bonchev–Trinajstić information content (AvgIpc) is 3.13. The third-order valence-electron chi connectivity index (χ3n) is 4.52. The molecule has 146 valence electrons. The number of benzene rings is 2. The van der Waals surface area contributed by atoms with Crippen LogP contribution in [0.25, 0.3) is 22.6 Å². The highest BCUT2D eigenvalue weighted by atomic mass is 35.5. The number of esters is 1. The number of aromatic nitrogens is 1. The molecule has 0 amide bonds. The number of ether oxygens (including phenoxy) is 1. The van der Waals surface area contributed by atoms with Crippen LogP contribution < -0.4 is 0 Å². The second-order valence-electron chi connectivity index (χ2n) is 6.64. The van der Waals surface area contributed by atoms with Crippen LogP contribution >= 0.6 is 23.2 Å². The number of rotatable bonds is 3. The first kappa shape index (κ1) is 19.1. The summed E-state index contributed by atoms with van der Waals surface area (Å²) in [5, 5.41) is 0.875. The molecule has 0 aliphatic carbocycles. The van der Waals surface area contributed by atoms with E-state index in [1.165, 1.54) is 19.2 Å². The van der Waals surface area contributed by atoms with Crippen molar-refractivity contribution in [3.05, 3.63) is 52.0 Å². The van der Waals surface area contributed by atoms with Gasteiger partial charge in [-0.15, -0.1) is 0 Å². The van der Waals surface area contributed by atoms with Crippen LogP contribution in [-0.4, -0.2) is 41.6 Å². The zero-order chi connectivity index (χ0) is 20.1. The molecular weight excluding hydrogens is 413 g/mol. The minimum atomic E-state index is -2.98. The Balaban J connectivity index is 1.57. The molecule has 0 radical (unpaired) electrons. The van der Waals surface area contributed by atoms with Gasteiger partial charge in [0.1, 0.15) is 11.6 Å². The second kappa shape index (κ2) is 6.99. The number of carbonyl (C=O) groups is 1. The molecule has 1 atom stereocenters. The molecular formula is C19H14Cl2F2N2O3. The smallest absolute Gasteiger partial charge is 0.338 e. The van der Waals surface area contributed by atoms with Crippen LogP contribution in [0.5, 0.6) is 0 Å². The molecule has 9 heteroatoms. The van der Waals surface area contributed by atoms with E-state index in [0.29, 0.717) is 32.6 Å². The van der Waals surface area contributed by atoms with Crippen molar-refractivity contribution in [3.63, 3.8) is 0 Å². The number of hydrogen-bond acceptors (Lipinski definition) is 5. The van der Waals surface area contributed by atoms with Crippen LogP contribution in [0.4, 0.5) is 8.78 Å². The van der Waals surface area contributed by atoms with E-state index >= 15 is 0 Å². The summed E-state index contributed by atoms with van der Waals surface area (Å²) in [5.74, 6) is -0.399. The average molecular weight is 427 g/mol. The first-order chi connectivity index (χ1) is 13.2. The largest absolute Gasteiger partial charge is 0.457 e.